The first kappa shape index (κ1) is 15.0. The summed E-state index contributed by atoms with van der Waals surface area (Å²) in [5.41, 5.74) is 6.34. The summed E-state index contributed by atoms with van der Waals surface area (Å²) >= 11 is 0. The molecule has 0 heteroatoms. The first-order valence-electron chi connectivity index (χ1n) is 9.61. The minimum Gasteiger partial charge on any atom is -0.0622 e. The molecule has 1 fully saturated rings. The van der Waals surface area contributed by atoms with Crippen molar-refractivity contribution in [2.45, 2.75) is 37.0 Å². The third-order valence-corrected chi connectivity index (χ3v) is 6.60. The van der Waals surface area contributed by atoms with Gasteiger partial charge in [-0.25, -0.2) is 0 Å². The molecular formula is C25H24. The summed E-state index contributed by atoms with van der Waals surface area (Å²) in [5.74, 6) is 1.20. The highest BCUT2D eigenvalue weighted by atomic mass is 14.6. The predicted octanol–water partition coefficient (Wildman–Crippen LogP) is 6.31. The van der Waals surface area contributed by atoms with Crippen LogP contribution in [0.4, 0.5) is 0 Å². The van der Waals surface area contributed by atoms with Crippen LogP contribution in [0.3, 0.4) is 0 Å². The molecule has 0 N–H and O–H groups in total. The SMILES string of the molecule is c1ccc([C@@H]2c3ccccc3[C@@]3(c4ccccc4)CCCC[C@@H]23)cc1. The predicted molar refractivity (Wildman–Crippen MR) is 104 cm³/mol. The first-order valence-corrected chi connectivity index (χ1v) is 9.61. The Bertz CT molecular complexity index is 865. The number of benzene rings is 3. The van der Waals surface area contributed by atoms with Crippen molar-refractivity contribution in [3.8, 4) is 0 Å². The maximum atomic E-state index is 2.41. The van der Waals surface area contributed by atoms with Crippen LogP contribution in [0.5, 0.6) is 0 Å². The highest BCUT2D eigenvalue weighted by molar-refractivity contribution is 5.55. The molecular weight excluding hydrogens is 300 g/mol. The van der Waals surface area contributed by atoms with Gasteiger partial charge in [0.25, 0.3) is 0 Å². The Balaban J connectivity index is 1.78. The third-order valence-electron chi connectivity index (χ3n) is 6.60. The van der Waals surface area contributed by atoms with Crippen LogP contribution in [0.2, 0.25) is 0 Å². The molecule has 0 heterocycles. The lowest BCUT2D eigenvalue weighted by atomic mass is 9.60. The fraction of sp³-hybridized carbons (Fsp3) is 0.280. The Kier molecular flexibility index (Phi) is 3.52. The average molecular weight is 324 g/mol. The molecule has 3 aromatic rings. The lowest BCUT2D eigenvalue weighted by molar-refractivity contribution is 0.231. The molecule has 124 valence electrons. The van der Waals surface area contributed by atoms with Gasteiger partial charge >= 0.3 is 0 Å². The number of fused-ring (bicyclic) bond motifs is 3. The summed E-state index contributed by atoms with van der Waals surface area (Å²) in [7, 11) is 0. The molecule has 1 saturated carbocycles. The summed E-state index contributed by atoms with van der Waals surface area (Å²) in [5, 5.41) is 0. The Morgan fingerprint density at radius 2 is 1.36 bits per heavy atom. The second-order valence-electron chi connectivity index (χ2n) is 7.67. The summed E-state index contributed by atoms with van der Waals surface area (Å²) in [6.45, 7) is 0. The van der Waals surface area contributed by atoms with E-state index in [1.807, 2.05) is 0 Å². The molecule has 0 aliphatic heterocycles. The van der Waals surface area contributed by atoms with Crippen LogP contribution in [0.25, 0.3) is 0 Å². The Morgan fingerprint density at radius 1 is 0.680 bits per heavy atom. The van der Waals surface area contributed by atoms with Crippen molar-refractivity contribution >= 4 is 0 Å². The zero-order valence-corrected chi connectivity index (χ0v) is 14.6. The van der Waals surface area contributed by atoms with Crippen molar-refractivity contribution in [2.24, 2.45) is 5.92 Å². The van der Waals surface area contributed by atoms with Crippen molar-refractivity contribution in [2.75, 3.05) is 0 Å². The van der Waals surface area contributed by atoms with E-state index in [-0.39, 0.29) is 5.41 Å². The van der Waals surface area contributed by atoms with Crippen LogP contribution in [-0.2, 0) is 5.41 Å². The minimum absolute atomic E-state index is 0.191. The van der Waals surface area contributed by atoms with Crippen LogP contribution in [0, 0.1) is 5.92 Å². The zero-order valence-electron chi connectivity index (χ0n) is 14.6. The second-order valence-corrected chi connectivity index (χ2v) is 7.67. The van der Waals surface area contributed by atoms with Crippen LogP contribution >= 0.6 is 0 Å². The van der Waals surface area contributed by atoms with Gasteiger partial charge in [0.15, 0.2) is 0 Å². The molecule has 0 spiro atoms. The molecule has 0 aromatic heterocycles. The fourth-order valence-corrected chi connectivity index (χ4v) is 5.70. The van der Waals surface area contributed by atoms with E-state index in [1.54, 1.807) is 11.1 Å². The molecule has 0 amide bonds. The Morgan fingerprint density at radius 3 is 2.16 bits per heavy atom. The van der Waals surface area contributed by atoms with E-state index in [0.717, 1.165) is 0 Å². The quantitative estimate of drug-likeness (QED) is 0.518. The molecule has 0 unspecified atom stereocenters. The van der Waals surface area contributed by atoms with E-state index in [4.69, 9.17) is 0 Å². The lowest BCUT2D eigenvalue weighted by Crippen LogP contribution is -2.37. The van der Waals surface area contributed by atoms with E-state index in [0.29, 0.717) is 11.8 Å². The van der Waals surface area contributed by atoms with Crippen LogP contribution < -0.4 is 0 Å². The smallest absolute Gasteiger partial charge is 0.0243 e. The van der Waals surface area contributed by atoms with Gasteiger partial charge in [0.2, 0.25) is 0 Å². The molecule has 2 aliphatic rings. The number of hydrogen-bond donors (Lipinski definition) is 0. The highest BCUT2D eigenvalue weighted by Crippen LogP contribution is 2.61. The van der Waals surface area contributed by atoms with Gasteiger partial charge in [0, 0.05) is 11.3 Å². The van der Waals surface area contributed by atoms with Gasteiger partial charge in [-0.05, 0) is 41.0 Å². The minimum atomic E-state index is 0.191. The molecule has 3 atom stereocenters. The van der Waals surface area contributed by atoms with E-state index < -0.39 is 0 Å². The second kappa shape index (κ2) is 5.88. The highest BCUT2D eigenvalue weighted by Gasteiger charge is 2.53. The van der Waals surface area contributed by atoms with Crippen molar-refractivity contribution < 1.29 is 0 Å². The van der Waals surface area contributed by atoms with Crippen molar-refractivity contribution in [3.63, 3.8) is 0 Å². The number of hydrogen-bond acceptors (Lipinski definition) is 0. The molecule has 0 nitrogen and oxygen atoms in total. The van der Waals surface area contributed by atoms with E-state index in [2.05, 4.69) is 84.9 Å². The van der Waals surface area contributed by atoms with Gasteiger partial charge in [-0.3, -0.25) is 0 Å². The molecule has 0 radical (unpaired) electrons. The molecule has 2 aliphatic carbocycles. The van der Waals surface area contributed by atoms with E-state index in [9.17, 15) is 0 Å². The van der Waals surface area contributed by atoms with Crippen LogP contribution in [0.1, 0.15) is 53.9 Å². The maximum Gasteiger partial charge on any atom is 0.0243 e. The molecule has 25 heavy (non-hydrogen) atoms. The van der Waals surface area contributed by atoms with Crippen molar-refractivity contribution in [3.05, 3.63) is 107 Å². The normalized spacial score (nSPS) is 27.5. The van der Waals surface area contributed by atoms with Crippen LogP contribution in [-0.4, -0.2) is 0 Å². The van der Waals surface area contributed by atoms with Gasteiger partial charge in [-0.2, -0.15) is 0 Å². The summed E-state index contributed by atoms with van der Waals surface area (Å²) in [4.78, 5) is 0. The Labute approximate surface area is 150 Å². The topological polar surface area (TPSA) is 0 Å². The number of rotatable bonds is 2. The molecule has 0 saturated heterocycles. The van der Waals surface area contributed by atoms with Gasteiger partial charge in [-0.1, -0.05) is 97.8 Å². The van der Waals surface area contributed by atoms with E-state index in [1.165, 1.54) is 36.8 Å². The Hall–Kier alpha value is -2.34. The summed E-state index contributed by atoms with van der Waals surface area (Å²) in [6, 6.07) is 31.8. The van der Waals surface area contributed by atoms with Crippen LogP contribution in [0.15, 0.2) is 84.9 Å². The lowest BCUT2D eigenvalue weighted by Gasteiger charge is -2.43. The first-order chi connectivity index (χ1) is 12.4. The standard InChI is InChI=1S/C25H24/c1-3-11-19(12-4-1)24-21-15-7-8-16-22(21)25(18-10-9-17-23(24)25)20-13-5-2-6-14-20/h1-8,11-16,23-24H,9-10,17-18H2/t23-,24+,25-/m0/s1. The average Bonchev–Trinajstić information content (AvgIpc) is 3.01. The monoisotopic (exact) mass is 324 g/mol. The maximum absolute atomic E-state index is 2.41. The summed E-state index contributed by atoms with van der Waals surface area (Å²) < 4.78 is 0. The van der Waals surface area contributed by atoms with Crippen molar-refractivity contribution in [1.29, 1.82) is 0 Å². The molecule has 5 rings (SSSR count). The van der Waals surface area contributed by atoms with Crippen molar-refractivity contribution in [1.82, 2.24) is 0 Å². The third kappa shape index (κ3) is 2.13. The molecule has 0 bridgehead atoms. The molecule has 3 aromatic carbocycles. The van der Waals surface area contributed by atoms with Gasteiger partial charge in [0.1, 0.15) is 0 Å². The van der Waals surface area contributed by atoms with Gasteiger partial charge in [-0.15, -0.1) is 0 Å². The zero-order chi connectivity index (χ0) is 16.7. The fourth-order valence-electron chi connectivity index (χ4n) is 5.70. The van der Waals surface area contributed by atoms with Gasteiger partial charge < -0.3 is 0 Å². The summed E-state index contributed by atoms with van der Waals surface area (Å²) in [6.07, 6.45) is 5.29. The van der Waals surface area contributed by atoms with Gasteiger partial charge in [0.05, 0.1) is 0 Å². The largest absolute Gasteiger partial charge is 0.0622 e. The van der Waals surface area contributed by atoms with E-state index >= 15 is 0 Å².